The summed E-state index contributed by atoms with van der Waals surface area (Å²) in [4.78, 5) is 7.48. The lowest BCUT2D eigenvalue weighted by Crippen LogP contribution is -2.10. The van der Waals surface area contributed by atoms with Crippen molar-refractivity contribution in [2.75, 3.05) is 0 Å². The fourth-order valence-corrected chi connectivity index (χ4v) is 1.38. The van der Waals surface area contributed by atoms with Crippen molar-refractivity contribution in [1.29, 1.82) is 0 Å². The fourth-order valence-electron chi connectivity index (χ4n) is 1.38. The lowest BCUT2D eigenvalue weighted by atomic mass is 9.92. The van der Waals surface area contributed by atoms with Crippen molar-refractivity contribution in [3.63, 3.8) is 0 Å². The number of hydrogen-bond acceptors (Lipinski definition) is 1. The van der Waals surface area contributed by atoms with Crippen LogP contribution in [-0.4, -0.2) is 9.97 Å². The second-order valence-corrected chi connectivity index (χ2v) is 4.40. The van der Waals surface area contributed by atoms with Crippen LogP contribution in [0, 0.1) is 0 Å². The Kier molecular flexibility index (Phi) is 3.51. The van der Waals surface area contributed by atoms with Gasteiger partial charge in [-0.15, -0.1) is 0 Å². The van der Waals surface area contributed by atoms with Gasteiger partial charge in [-0.1, -0.05) is 34.6 Å². The van der Waals surface area contributed by atoms with E-state index in [-0.39, 0.29) is 5.41 Å². The maximum atomic E-state index is 4.09. The Bertz CT molecular complexity index is 388. The van der Waals surface area contributed by atoms with Gasteiger partial charge in [0.25, 0.3) is 0 Å². The summed E-state index contributed by atoms with van der Waals surface area (Å²) in [6, 6.07) is 4.17. The summed E-state index contributed by atoms with van der Waals surface area (Å²) in [5.74, 6) is 0. The van der Waals surface area contributed by atoms with Crippen molar-refractivity contribution in [3.05, 3.63) is 30.2 Å². The molecule has 0 fully saturated rings. The molecule has 0 saturated heterocycles. The maximum Gasteiger partial charge on any atom is 0.0487 e. The van der Waals surface area contributed by atoms with Crippen molar-refractivity contribution >= 4 is 10.9 Å². The predicted octanol–water partition coefficient (Wildman–Crippen LogP) is 3.89. The molecule has 82 valence electrons. The van der Waals surface area contributed by atoms with Crippen LogP contribution in [0.15, 0.2) is 24.5 Å². The molecular formula is C13H20N2. The number of aromatic amines is 1. The van der Waals surface area contributed by atoms with Crippen molar-refractivity contribution < 1.29 is 0 Å². The van der Waals surface area contributed by atoms with Crippen LogP contribution < -0.4 is 0 Å². The zero-order valence-electron chi connectivity index (χ0n) is 10.3. The van der Waals surface area contributed by atoms with E-state index in [0.717, 1.165) is 0 Å². The first-order valence-electron chi connectivity index (χ1n) is 5.50. The number of hydrogen-bond donors (Lipinski definition) is 1. The molecule has 0 bridgehead atoms. The van der Waals surface area contributed by atoms with E-state index in [1.54, 1.807) is 0 Å². The number of nitrogens with one attached hydrogen (secondary N) is 1. The van der Waals surface area contributed by atoms with Gasteiger partial charge in [0.2, 0.25) is 0 Å². The largest absolute Gasteiger partial charge is 0.358 e. The molecule has 2 nitrogen and oxygen atoms in total. The van der Waals surface area contributed by atoms with Crippen LogP contribution in [0.5, 0.6) is 0 Å². The normalized spacial score (nSPS) is 11.0. The Hall–Kier alpha value is -1.31. The van der Waals surface area contributed by atoms with E-state index < -0.39 is 0 Å². The standard InChI is InChI=1S/C11H14N2.C2H6/c1-11(2,3)10-6-8-7-12-5-4-9(8)13-10;1-2/h4-7,13H,1-3H3;1-2H3. The monoisotopic (exact) mass is 204 g/mol. The zero-order chi connectivity index (χ0) is 11.5. The predicted molar refractivity (Wildman–Crippen MR) is 66.1 cm³/mol. The van der Waals surface area contributed by atoms with Gasteiger partial charge >= 0.3 is 0 Å². The highest BCUT2D eigenvalue weighted by Crippen LogP contribution is 2.24. The SMILES string of the molecule is CC.CC(C)(C)c1cc2cnccc2[nH]1. The molecule has 2 heteroatoms. The van der Waals surface area contributed by atoms with Gasteiger partial charge in [0.05, 0.1) is 0 Å². The molecule has 0 saturated carbocycles. The Balaban J connectivity index is 0.000000531. The average Bonchev–Trinajstić information content (AvgIpc) is 2.63. The van der Waals surface area contributed by atoms with Gasteiger partial charge in [-0.05, 0) is 12.1 Å². The summed E-state index contributed by atoms with van der Waals surface area (Å²) in [6.07, 6.45) is 3.70. The number of nitrogens with zero attached hydrogens (tertiary/aromatic N) is 1. The van der Waals surface area contributed by atoms with E-state index >= 15 is 0 Å². The molecule has 2 aromatic rings. The molecule has 0 aliphatic carbocycles. The molecule has 0 amide bonds. The van der Waals surface area contributed by atoms with Crippen molar-refractivity contribution in [1.82, 2.24) is 9.97 Å². The molecule has 0 aliphatic heterocycles. The zero-order valence-corrected chi connectivity index (χ0v) is 10.3. The highest BCUT2D eigenvalue weighted by molar-refractivity contribution is 5.79. The summed E-state index contributed by atoms with van der Waals surface area (Å²) in [7, 11) is 0. The smallest absolute Gasteiger partial charge is 0.0487 e. The van der Waals surface area contributed by atoms with Crippen molar-refractivity contribution in [2.45, 2.75) is 40.0 Å². The lowest BCUT2D eigenvalue weighted by Gasteiger charge is -2.15. The van der Waals surface area contributed by atoms with Crippen LogP contribution in [0.4, 0.5) is 0 Å². The molecule has 15 heavy (non-hydrogen) atoms. The number of rotatable bonds is 0. The minimum absolute atomic E-state index is 0.180. The molecule has 2 aromatic heterocycles. The molecule has 1 N–H and O–H groups in total. The van der Waals surface area contributed by atoms with E-state index in [1.807, 2.05) is 32.3 Å². The van der Waals surface area contributed by atoms with Crippen LogP contribution in [0.2, 0.25) is 0 Å². The first-order chi connectivity index (χ1) is 7.07. The highest BCUT2D eigenvalue weighted by atomic mass is 14.7. The Morgan fingerprint density at radius 1 is 1.20 bits per heavy atom. The number of fused-ring (bicyclic) bond motifs is 1. The van der Waals surface area contributed by atoms with Crippen LogP contribution in [0.25, 0.3) is 10.9 Å². The molecule has 0 aromatic carbocycles. The average molecular weight is 204 g/mol. The molecular weight excluding hydrogens is 184 g/mol. The first-order valence-corrected chi connectivity index (χ1v) is 5.50. The van der Waals surface area contributed by atoms with E-state index in [0.29, 0.717) is 0 Å². The molecule has 2 heterocycles. The third-order valence-electron chi connectivity index (χ3n) is 2.23. The number of H-pyrrole nitrogens is 1. The minimum atomic E-state index is 0.180. The van der Waals surface area contributed by atoms with Crippen LogP contribution in [0.1, 0.15) is 40.3 Å². The summed E-state index contributed by atoms with van der Waals surface area (Å²) in [6.45, 7) is 10.6. The van der Waals surface area contributed by atoms with Crippen molar-refractivity contribution in [2.24, 2.45) is 0 Å². The number of pyridine rings is 1. The Morgan fingerprint density at radius 3 is 2.40 bits per heavy atom. The van der Waals surface area contributed by atoms with E-state index in [1.165, 1.54) is 16.6 Å². The maximum absolute atomic E-state index is 4.09. The third kappa shape index (κ3) is 2.58. The third-order valence-corrected chi connectivity index (χ3v) is 2.23. The molecule has 0 radical (unpaired) electrons. The Morgan fingerprint density at radius 2 is 1.87 bits per heavy atom. The topological polar surface area (TPSA) is 28.7 Å². The Labute approximate surface area is 91.7 Å². The summed E-state index contributed by atoms with van der Waals surface area (Å²) >= 11 is 0. The van der Waals surface area contributed by atoms with E-state index in [4.69, 9.17) is 0 Å². The van der Waals surface area contributed by atoms with E-state index in [2.05, 4.69) is 36.8 Å². The molecule has 2 rings (SSSR count). The number of aromatic nitrogens is 2. The first kappa shape index (κ1) is 11.8. The second-order valence-electron chi connectivity index (χ2n) is 4.40. The van der Waals surface area contributed by atoms with Gasteiger partial charge in [-0.3, -0.25) is 4.98 Å². The van der Waals surface area contributed by atoms with Gasteiger partial charge in [0.15, 0.2) is 0 Å². The molecule has 0 atom stereocenters. The molecule has 0 aliphatic rings. The van der Waals surface area contributed by atoms with Gasteiger partial charge in [0.1, 0.15) is 0 Å². The van der Waals surface area contributed by atoms with Crippen LogP contribution in [0.3, 0.4) is 0 Å². The highest BCUT2D eigenvalue weighted by Gasteiger charge is 2.15. The quantitative estimate of drug-likeness (QED) is 0.693. The van der Waals surface area contributed by atoms with Gasteiger partial charge < -0.3 is 4.98 Å². The summed E-state index contributed by atoms with van der Waals surface area (Å²) in [5, 5.41) is 1.19. The second kappa shape index (κ2) is 4.47. The summed E-state index contributed by atoms with van der Waals surface area (Å²) in [5.41, 5.74) is 2.61. The van der Waals surface area contributed by atoms with E-state index in [9.17, 15) is 0 Å². The molecule has 0 unspecified atom stereocenters. The van der Waals surface area contributed by atoms with Crippen LogP contribution >= 0.6 is 0 Å². The lowest BCUT2D eigenvalue weighted by molar-refractivity contribution is 0.574. The fraction of sp³-hybridized carbons (Fsp3) is 0.462. The van der Waals surface area contributed by atoms with Crippen LogP contribution in [-0.2, 0) is 5.41 Å². The van der Waals surface area contributed by atoms with Gasteiger partial charge in [-0.25, -0.2) is 0 Å². The minimum Gasteiger partial charge on any atom is -0.358 e. The summed E-state index contributed by atoms with van der Waals surface area (Å²) < 4.78 is 0. The molecule has 0 spiro atoms. The van der Waals surface area contributed by atoms with Crippen molar-refractivity contribution in [3.8, 4) is 0 Å². The van der Waals surface area contributed by atoms with Gasteiger partial charge in [-0.2, -0.15) is 0 Å². The van der Waals surface area contributed by atoms with Gasteiger partial charge in [0, 0.05) is 34.4 Å².